The molecule has 0 aliphatic rings. The molecule has 23 heavy (non-hydrogen) atoms. The van der Waals surface area contributed by atoms with Crippen molar-refractivity contribution in [2.24, 2.45) is 0 Å². The molecule has 3 aromatic rings. The molecule has 1 aromatic heterocycles. The van der Waals surface area contributed by atoms with E-state index in [1.807, 2.05) is 42.5 Å². The van der Waals surface area contributed by atoms with Crippen molar-refractivity contribution in [1.82, 2.24) is 9.97 Å². The van der Waals surface area contributed by atoms with Gasteiger partial charge in [-0.3, -0.25) is 4.79 Å². The molecule has 1 heterocycles. The van der Waals surface area contributed by atoms with Crippen LogP contribution in [0.15, 0.2) is 67.5 Å². The van der Waals surface area contributed by atoms with E-state index in [4.69, 9.17) is 0 Å². The summed E-state index contributed by atoms with van der Waals surface area (Å²) in [6, 6.07) is 15.6. The first-order valence-corrected chi connectivity index (χ1v) is 7.22. The quantitative estimate of drug-likeness (QED) is 0.709. The van der Waals surface area contributed by atoms with Crippen molar-refractivity contribution in [2.45, 2.75) is 6.54 Å². The molecule has 0 atom stereocenters. The molecule has 2 N–H and O–H groups in total. The Morgan fingerprint density at radius 1 is 1.13 bits per heavy atom. The van der Waals surface area contributed by atoms with Gasteiger partial charge in [-0.1, -0.05) is 36.9 Å². The van der Waals surface area contributed by atoms with Crippen LogP contribution in [-0.2, 0) is 11.3 Å². The second-order valence-electron chi connectivity index (χ2n) is 4.99. The molecule has 5 heteroatoms. The largest absolute Gasteiger partial charge is 0.365 e. The Labute approximate surface area is 134 Å². The second-order valence-corrected chi connectivity index (χ2v) is 4.99. The summed E-state index contributed by atoms with van der Waals surface area (Å²) < 4.78 is 0. The number of benzene rings is 2. The minimum atomic E-state index is -0.250. The first-order valence-electron chi connectivity index (χ1n) is 7.22. The molecule has 0 saturated heterocycles. The third-order valence-electron chi connectivity index (χ3n) is 3.39. The Balaban J connectivity index is 1.88. The van der Waals surface area contributed by atoms with Crippen LogP contribution in [0.25, 0.3) is 10.9 Å². The van der Waals surface area contributed by atoms with E-state index in [-0.39, 0.29) is 5.91 Å². The van der Waals surface area contributed by atoms with Gasteiger partial charge in [0, 0.05) is 17.6 Å². The van der Waals surface area contributed by atoms with E-state index in [0.717, 1.165) is 22.3 Å². The van der Waals surface area contributed by atoms with E-state index in [9.17, 15) is 4.79 Å². The van der Waals surface area contributed by atoms with Gasteiger partial charge in [-0.2, -0.15) is 0 Å². The molecular formula is C18H16N4O. The Hall–Kier alpha value is -3.21. The molecule has 0 bridgehead atoms. The number of fused-ring (bicyclic) bond motifs is 1. The van der Waals surface area contributed by atoms with E-state index < -0.39 is 0 Å². The van der Waals surface area contributed by atoms with Crippen molar-refractivity contribution in [3.63, 3.8) is 0 Å². The van der Waals surface area contributed by atoms with Crippen LogP contribution in [0.3, 0.4) is 0 Å². The van der Waals surface area contributed by atoms with Crippen LogP contribution >= 0.6 is 0 Å². The van der Waals surface area contributed by atoms with Crippen molar-refractivity contribution < 1.29 is 4.79 Å². The SMILES string of the molecule is C=CC(=O)Nc1ccc2ncnc(NCc3ccccc3)c2c1. The topological polar surface area (TPSA) is 66.9 Å². The summed E-state index contributed by atoms with van der Waals surface area (Å²) in [6.45, 7) is 4.11. The summed E-state index contributed by atoms with van der Waals surface area (Å²) in [5, 5.41) is 6.91. The fraction of sp³-hybridized carbons (Fsp3) is 0.0556. The Bertz CT molecular complexity index is 846. The molecule has 0 fully saturated rings. The van der Waals surface area contributed by atoms with Gasteiger partial charge in [0.05, 0.1) is 5.52 Å². The zero-order valence-electron chi connectivity index (χ0n) is 12.5. The van der Waals surface area contributed by atoms with Gasteiger partial charge in [-0.15, -0.1) is 0 Å². The fourth-order valence-corrected chi connectivity index (χ4v) is 2.25. The van der Waals surface area contributed by atoms with E-state index in [0.29, 0.717) is 12.2 Å². The van der Waals surface area contributed by atoms with Crippen LogP contribution in [0.2, 0.25) is 0 Å². The van der Waals surface area contributed by atoms with Crippen molar-refractivity contribution in [1.29, 1.82) is 0 Å². The number of amides is 1. The molecule has 0 saturated carbocycles. The molecule has 5 nitrogen and oxygen atoms in total. The van der Waals surface area contributed by atoms with Crippen molar-refractivity contribution >= 4 is 28.3 Å². The lowest BCUT2D eigenvalue weighted by molar-refractivity contribution is -0.111. The maximum atomic E-state index is 11.4. The van der Waals surface area contributed by atoms with Gasteiger partial charge in [0.25, 0.3) is 0 Å². The zero-order valence-corrected chi connectivity index (χ0v) is 12.5. The van der Waals surface area contributed by atoms with Crippen LogP contribution in [0.4, 0.5) is 11.5 Å². The lowest BCUT2D eigenvalue weighted by atomic mass is 10.2. The molecule has 0 aliphatic heterocycles. The first kappa shape index (κ1) is 14.7. The van der Waals surface area contributed by atoms with Crippen LogP contribution in [0.5, 0.6) is 0 Å². The minimum Gasteiger partial charge on any atom is -0.365 e. The minimum absolute atomic E-state index is 0.250. The van der Waals surface area contributed by atoms with Gasteiger partial charge < -0.3 is 10.6 Å². The second kappa shape index (κ2) is 6.70. The third-order valence-corrected chi connectivity index (χ3v) is 3.39. The van der Waals surface area contributed by atoms with Gasteiger partial charge in [-0.05, 0) is 29.8 Å². The summed E-state index contributed by atoms with van der Waals surface area (Å²) in [4.78, 5) is 20.0. The standard InChI is InChI=1S/C18H16N4O/c1-2-17(23)22-14-8-9-16-15(10-14)18(21-12-20-16)19-11-13-6-4-3-5-7-13/h2-10,12H,1,11H2,(H,22,23)(H,19,20,21). The zero-order chi connectivity index (χ0) is 16.1. The van der Waals surface area contributed by atoms with Gasteiger partial charge >= 0.3 is 0 Å². The number of nitrogens with zero attached hydrogens (tertiary/aromatic N) is 2. The molecular weight excluding hydrogens is 288 g/mol. The molecule has 3 rings (SSSR count). The maximum absolute atomic E-state index is 11.4. The molecule has 0 aliphatic carbocycles. The maximum Gasteiger partial charge on any atom is 0.247 e. The molecule has 0 radical (unpaired) electrons. The van der Waals surface area contributed by atoms with Gasteiger partial charge in [0.15, 0.2) is 0 Å². The number of carbonyl (C=O) groups is 1. The normalized spacial score (nSPS) is 10.3. The molecule has 114 valence electrons. The lowest BCUT2D eigenvalue weighted by Crippen LogP contribution is -2.07. The number of anilines is 2. The summed E-state index contributed by atoms with van der Waals surface area (Å²) in [5.74, 6) is 0.480. The molecule has 1 amide bonds. The number of nitrogens with one attached hydrogen (secondary N) is 2. The number of aromatic nitrogens is 2. The van der Waals surface area contributed by atoms with Gasteiger partial charge in [0.1, 0.15) is 12.1 Å². The molecule has 0 spiro atoms. The van der Waals surface area contributed by atoms with Crippen molar-refractivity contribution in [2.75, 3.05) is 10.6 Å². The highest BCUT2D eigenvalue weighted by Crippen LogP contribution is 2.23. The highest BCUT2D eigenvalue weighted by molar-refractivity contribution is 6.01. The van der Waals surface area contributed by atoms with Crippen LogP contribution in [0.1, 0.15) is 5.56 Å². The van der Waals surface area contributed by atoms with Crippen LogP contribution in [0, 0.1) is 0 Å². The summed E-state index contributed by atoms with van der Waals surface area (Å²) in [5.41, 5.74) is 2.66. The predicted octanol–water partition coefficient (Wildman–Crippen LogP) is 3.37. The average Bonchev–Trinajstić information content (AvgIpc) is 2.60. The Morgan fingerprint density at radius 2 is 1.96 bits per heavy atom. The smallest absolute Gasteiger partial charge is 0.247 e. The average molecular weight is 304 g/mol. The van der Waals surface area contributed by atoms with Gasteiger partial charge in [0.2, 0.25) is 5.91 Å². The number of rotatable bonds is 5. The van der Waals surface area contributed by atoms with Crippen LogP contribution < -0.4 is 10.6 Å². The van der Waals surface area contributed by atoms with Crippen molar-refractivity contribution in [3.05, 3.63) is 73.1 Å². The molecule has 2 aromatic carbocycles. The predicted molar refractivity (Wildman–Crippen MR) is 92.1 cm³/mol. The summed E-state index contributed by atoms with van der Waals surface area (Å²) in [7, 11) is 0. The third kappa shape index (κ3) is 3.52. The monoisotopic (exact) mass is 304 g/mol. The summed E-state index contributed by atoms with van der Waals surface area (Å²) >= 11 is 0. The lowest BCUT2D eigenvalue weighted by Gasteiger charge is -2.10. The van der Waals surface area contributed by atoms with E-state index >= 15 is 0 Å². The van der Waals surface area contributed by atoms with Gasteiger partial charge in [-0.25, -0.2) is 9.97 Å². The molecule has 0 unspecified atom stereocenters. The Morgan fingerprint density at radius 3 is 2.74 bits per heavy atom. The van der Waals surface area contributed by atoms with Crippen molar-refractivity contribution in [3.8, 4) is 0 Å². The highest BCUT2D eigenvalue weighted by Gasteiger charge is 2.06. The summed E-state index contributed by atoms with van der Waals surface area (Å²) in [6.07, 6.45) is 2.76. The fourth-order valence-electron chi connectivity index (χ4n) is 2.25. The van der Waals surface area contributed by atoms with E-state index in [1.165, 1.54) is 12.4 Å². The van der Waals surface area contributed by atoms with E-state index in [1.54, 1.807) is 6.07 Å². The number of hydrogen-bond acceptors (Lipinski definition) is 4. The van der Waals surface area contributed by atoms with E-state index in [2.05, 4.69) is 27.2 Å². The number of hydrogen-bond donors (Lipinski definition) is 2. The highest BCUT2D eigenvalue weighted by atomic mass is 16.1. The van der Waals surface area contributed by atoms with Crippen LogP contribution in [-0.4, -0.2) is 15.9 Å². The number of carbonyl (C=O) groups excluding carboxylic acids is 1. The first-order chi connectivity index (χ1) is 11.3. The Kier molecular flexibility index (Phi) is 4.29.